The number of fused-ring (bicyclic) bond motifs is 1. The Morgan fingerprint density at radius 3 is 2.65 bits per heavy atom. The number of carbonyl (C=O) groups is 1. The SMILES string of the molecule is CCc1ccc(C(C)NC(=O)Cn2nnc3ccccc32)cc1. The first kappa shape index (κ1) is 15.2. The van der Waals surface area contributed by atoms with Gasteiger partial charge in [0.2, 0.25) is 5.91 Å². The maximum Gasteiger partial charge on any atom is 0.242 e. The fourth-order valence-electron chi connectivity index (χ4n) is 2.58. The molecule has 1 amide bonds. The molecule has 0 spiro atoms. The van der Waals surface area contributed by atoms with Crippen LogP contribution in [0.25, 0.3) is 11.0 Å². The lowest BCUT2D eigenvalue weighted by atomic mass is 10.1. The first-order chi connectivity index (χ1) is 11.2. The second-order valence-corrected chi connectivity index (χ2v) is 5.62. The number of para-hydroxylation sites is 1. The number of aryl methyl sites for hydroxylation is 1. The van der Waals surface area contributed by atoms with Gasteiger partial charge in [0.05, 0.1) is 11.6 Å². The molecule has 0 saturated carbocycles. The van der Waals surface area contributed by atoms with E-state index in [0.717, 1.165) is 23.0 Å². The number of nitrogens with one attached hydrogen (secondary N) is 1. The molecule has 1 N–H and O–H groups in total. The van der Waals surface area contributed by atoms with Gasteiger partial charge in [-0.05, 0) is 36.6 Å². The predicted molar refractivity (Wildman–Crippen MR) is 89.9 cm³/mol. The second-order valence-electron chi connectivity index (χ2n) is 5.62. The summed E-state index contributed by atoms with van der Waals surface area (Å²) in [7, 11) is 0. The molecule has 1 atom stereocenters. The zero-order chi connectivity index (χ0) is 16.2. The molecule has 2 aromatic carbocycles. The van der Waals surface area contributed by atoms with Gasteiger partial charge in [-0.2, -0.15) is 0 Å². The minimum Gasteiger partial charge on any atom is -0.348 e. The number of benzene rings is 2. The highest BCUT2D eigenvalue weighted by Crippen LogP contribution is 2.14. The lowest BCUT2D eigenvalue weighted by Gasteiger charge is -2.15. The van der Waals surface area contributed by atoms with Crippen molar-refractivity contribution >= 4 is 16.9 Å². The molecule has 0 aliphatic rings. The van der Waals surface area contributed by atoms with Crippen LogP contribution in [0.3, 0.4) is 0 Å². The van der Waals surface area contributed by atoms with Gasteiger partial charge in [-0.25, -0.2) is 4.68 Å². The summed E-state index contributed by atoms with van der Waals surface area (Å²) in [5.74, 6) is -0.0762. The maximum absolute atomic E-state index is 12.3. The topological polar surface area (TPSA) is 59.8 Å². The van der Waals surface area contributed by atoms with E-state index in [1.807, 2.05) is 31.2 Å². The van der Waals surface area contributed by atoms with Crippen LogP contribution in [-0.2, 0) is 17.8 Å². The second kappa shape index (κ2) is 6.60. The molecule has 3 rings (SSSR count). The molecule has 0 fully saturated rings. The predicted octanol–water partition coefficient (Wildman–Crippen LogP) is 2.87. The third-order valence-electron chi connectivity index (χ3n) is 3.98. The molecule has 0 aliphatic heterocycles. The Labute approximate surface area is 135 Å². The van der Waals surface area contributed by atoms with Gasteiger partial charge in [0.15, 0.2) is 0 Å². The van der Waals surface area contributed by atoms with Gasteiger partial charge < -0.3 is 5.32 Å². The summed E-state index contributed by atoms with van der Waals surface area (Å²) < 4.78 is 1.62. The molecule has 5 heteroatoms. The summed E-state index contributed by atoms with van der Waals surface area (Å²) in [6.45, 7) is 4.28. The molecule has 0 saturated heterocycles. The van der Waals surface area contributed by atoms with Crippen LogP contribution in [0.15, 0.2) is 48.5 Å². The summed E-state index contributed by atoms with van der Waals surface area (Å²) in [6.07, 6.45) is 1.01. The normalized spacial score (nSPS) is 12.3. The van der Waals surface area contributed by atoms with Crippen molar-refractivity contribution in [3.63, 3.8) is 0 Å². The van der Waals surface area contributed by atoms with Crippen LogP contribution in [0.5, 0.6) is 0 Å². The van der Waals surface area contributed by atoms with Gasteiger partial charge in [0.1, 0.15) is 12.1 Å². The number of aromatic nitrogens is 3. The highest BCUT2D eigenvalue weighted by Gasteiger charge is 2.12. The van der Waals surface area contributed by atoms with Crippen LogP contribution in [0.2, 0.25) is 0 Å². The number of carbonyl (C=O) groups excluding carboxylic acids is 1. The Bertz CT molecular complexity index is 807. The first-order valence-electron chi connectivity index (χ1n) is 7.84. The highest BCUT2D eigenvalue weighted by molar-refractivity contribution is 5.79. The van der Waals surface area contributed by atoms with Crippen molar-refractivity contribution in [3.05, 3.63) is 59.7 Å². The van der Waals surface area contributed by atoms with E-state index in [0.29, 0.717) is 0 Å². The van der Waals surface area contributed by atoms with Gasteiger partial charge in [-0.3, -0.25) is 4.79 Å². The number of nitrogens with zero attached hydrogens (tertiary/aromatic N) is 3. The fourth-order valence-corrected chi connectivity index (χ4v) is 2.58. The van der Waals surface area contributed by atoms with Crippen molar-refractivity contribution in [2.24, 2.45) is 0 Å². The standard InChI is InChI=1S/C18H20N4O/c1-3-14-8-10-15(11-9-14)13(2)19-18(23)12-22-17-7-5-4-6-16(17)20-21-22/h4-11,13H,3,12H2,1-2H3,(H,19,23). The van der Waals surface area contributed by atoms with Crippen LogP contribution in [0.4, 0.5) is 0 Å². The maximum atomic E-state index is 12.3. The van der Waals surface area contributed by atoms with Gasteiger partial charge in [0.25, 0.3) is 0 Å². The summed E-state index contributed by atoms with van der Waals surface area (Å²) >= 11 is 0. The summed E-state index contributed by atoms with van der Waals surface area (Å²) in [4.78, 5) is 12.3. The molecular weight excluding hydrogens is 288 g/mol. The quantitative estimate of drug-likeness (QED) is 0.788. The van der Waals surface area contributed by atoms with Crippen LogP contribution < -0.4 is 5.32 Å². The molecule has 1 unspecified atom stereocenters. The summed E-state index contributed by atoms with van der Waals surface area (Å²) in [5.41, 5.74) is 4.05. The molecule has 1 heterocycles. The summed E-state index contributed by atoms with van der Waals surface area (Å²) in [5, 5.41) is 11.1. The van der Waals surface area contributed by atoms with Crippen molar-refractivity contribution in [2.45, 2.75) is 32.9 Å². The molecular formula is C18H20N4O. The van der Waals surface area contributed by atoms with Crippen molar-refractivity contribution in [2.75, 3.05) is 0 Å². The molecule has 23 heavy (non-hydrogen) atoms. The van der Waals surface area contributed by atoms with E-state index in [2.05, 4.69) is 46.8 Å². The van der Waals surface area contributed by atoms with E-state index in [1.54, 1.807) is 4.68 Å². The van der Waals surface area contributed by atoms with E-state index in [1.165, 1.54) is 5.56 Å². The zero-order valence-corrected chi connectivity index (χ0v) is 13.4. The number of rotatable bonds is 5. The molecule has 5 nitrogen and oxygen atoms in total. The van der Waals surface area contributed by atoms with Crippen molar-refractivity contribution in [1.29, 1.82) is 0 Å². The van der Waals surface area contributed by atoms with E-state index >= 15 is 0 Å². The third kappa shape index (κ3) is 3.39. The molecule has 3 aromatic rings. The molecule has 0 radical (unpaired) electrons. The number of amides is 1. The van der Waals surface area contributed by atoms with E-state index in [9.17, 15) is 4.79 Å². The Morgan fingerprint density at radius 1 is 1.17 bits per heavy atom. The van der Waals surface area contributed by atoms with Crippen LogP contribution >= 0.6 is 0 Å². The van der Waals surface area contributed by atoms with Gasteiger partial charge >= 0.3 is 0 Å². The van der Waals surface area contributed by atoms with Crippen LogP contribution in [-0.4, -0.2) is 20.9 Å². The van der Waals surface area contributed by atoms with Crippen molar-refractivity contribution in [1.82, 2.24) is 20.3 Å². The minimum absolute atomic E-state index is 0.0387. The van der Waals surface area contributed by atoms with Crippen molar-refractivity contribution < 1.29 is 4.79 Å². The zero-order valence-electron chi connectivity index (χ0n) is 13.4. The average molecular weight is 308 g/mol. The highest BCUT2D eigenvalue weighted by atomic mass is 16.2. The Morgan fingerprint density at radius 2 is 1.91 bits per heavy atom. The molecule has 0 bridgehead atoms. The Hall–Kier alpha value is -2.69. The third-order valence-corrected chi connectivity index (χ3v) is 3.98. The lowest BCUT2D eigenvalue weighted by molar-refractivity contribution is -0.122. The average Bonchev–Trinajstić information content (AvgIpc) is 2.98. The Kier molecular flexibility index (Phi) is 4.37. The summed E-state index contributed by atoms with van der Waals surface area (Å²) in [6, 6.07) is 15.9. The molecule has 0 aliphatic carbocycles. The molecule has 1 aromatic heterocycles. The van der Waals surface area contributed by atoms with Gasteiger partial charge in [-0.15, -0.1) is 5.10 Å². The lowest BCUT2D eigenvalue weighted by Crippen LogP contribution is -2.30. The van der Waals surface area contributed by atoms with Crippen LogP contribution in [0, 0.1) is 0 Å². The monoisotopic (exact) mass is 308 g/mol. The minimum atomic E-state index is -0.0762. The fraction of sp³-hybridized carbons (Fsp3) is 0.278. The van der Waals surface area contributed by atoms with Crippen molar-refractivity contribution in [3.8, 4) is 0 Å². The van der Waals surface area contributed by atoms with E-state index in [-0.39, 0.29) is 18.5 Å². The largest absolute Gasteiger partial charge is 0.348 e. The van der Waals surface area contributed by atoms with Gasteiger partial charge in [0, 0.05) is 0 Å². The van der Waals surface area contributed by atoms with E-state index in [4.69, 9.17) is 0 Å². The van der Waals surface area contributed by atoms with Gasteiger partial charge in [-0.1, -0.05) is 48.5 Å². The number of hydrogen-bond acceptors (Lipinski definition) is 3. The number of hydrogen-bond donors (Lipinski definition) is 1. The first-order valence-corrected chi connectivity index (χ1v) is 7.84. The van der Waals surface area contributed by atoms with E-state index < -0.39 is 0 Å². The molecule has 118 valence electrons. The Balaban J connectivity index is 1.66. The smallest absolute Gasteiger partial charge is 0.242 e. The van der Waals surface area contributed by atoms with Crippen LogP contribution in [0.1, 0.15) is 31.0 Å².